The number of thioether (sulfide) groups is 1. The molecule has 1 unspecified atom stereocenters. The third-order valence-corrected chi connectivity index (χ3v) is 5.60. The summed E-state index contributed by atoms with van der Waals surface area (Å²) < 4.78 is 5.02. The van der Waals surface area contributed by atoms with Gasteiger partial charge in [0.05, 0.1) is 24.2 Å². The molecule has 2 heterocycles. The molecule has 0 radical (unpaired) electrons. The second kappa shape index (κ2) is 8.22. The Morgan fingerprint density at radius 3 is 2.54 bits per heavy atom. The lowest BCUT2D eigenvalue weighted by molar-refractivity contribution is -0.136. The van der Waals surface area contributed by atoms with Crippen molar-refractivity contribution in [1.82, 2.24) is 9.97 Å². The highest BCUT2D eigenvalue weighted by atomic mass is 32.2. The van der Waals surface area contributed by atoms with Gasteiger partial charge in [0.25, 0.3) is 5.56 Å². The van der Waals surface area contributed by atoms with E-state index in [2.05, 4.69) is 29.1 Å². The highest BCUT2D eigenvalue weighted by molar-refractivity contribution is 7.99. The number of anilines is 1. The van der Waals surface area contributed by atoms with Crippen molar-refractivity contribution in [3.05, 3.63) is 62.6 Å². The maximum atomic E-state index is 13.0. The van der Waals surface area contributed by atoms with E-state index in [-0.39, 0.29) is 5.56 Å². The molecule has 7 heteroatoms. The first-order chi connectivity index (χ1) is 13.4. The van der Waals surface area contributed by atoms with E-state index in [0.29, 0.717) is 33.7 Å². The first-order valence-electron chi connectivity index (χ1n) is 9.30. The number of benzene rings is 1. The van der Waals surface area contributed by atoms with Gasteiger partial charge in [-0.3, -0.25) is 4.79 Å². The van der Waals surface area contributed by atoms with Crippen LogP contribution >= 0.6 is 11.8 Å². The maximum Gasteiger partial charge on any atom is 0.336 e. The number of hydrogen-bond donors (Lipinski definition) is 2. The second-order valence-corrected chi connectivity index (χ2v) is 8.23. The standard InChI is InChI=1S/C21H25N3O3S/c1-6-28-21-23-18-17(19(25)24-21)16(15(12(4)22-18)20(26)27-5)14-9-7-13(8-10-14)11(2)3/h7-11,16H,6H2,1-5H3,(H2,22,23,24,25). The number of H-pyrrole nitrogens is 1. The number of nitrogens with one attached hydrogen (secondary N) is 2. The van der Waals surface area contributed by atoms with E-state index in [1.807, 2.05) is 31.2 Å². The molecule has 148 valence electrons. The van der Waals surface area contributed by atoms with Gasteiger partial charge in [0.2, 0.25) is 0 Å². The number of fused-ring (bicyclic) bond motifs is 1. The van der Waals surface area contributed by atoms with Crippen LogP contribution in [0.25, 0.3) is 0 Å². The van der Waals surface area contributed by atoms with E-state index in [1.165, 1.54) is 24.4 Å². The molecule has 2 N–H and O–H groups in total. The zero-order valence-electron chi connectivity index (χ0n) is 16.8. The lowest BCUT2D eigenvalue weighted by atomic mass is 9.82. The van der Waals surface area contributed by atoms with E-state index >= 15 is 0 Å². The highest BCUT2D eigenvalue weighted by Gasteiger charge is 2.36. The van der Waals surface area contributed by atoms with Crippen LogP contribution in [0.4, 0.5) is 5.82 Å². The van der Waals surface area contributed by atoms with E-state index in [0.717, 1.165) is 11.3 Å². The van der Waals surface area contributed by atoms with Gasteiger partial charge in [-0.05, 0) is 29.7 Å². The van der Waals surface area contributed by atoms with Gasteiger partial charge in [-0.15, -0.1) is 0 Å². The molecule has 0 saturated carbocycles. The summed E-state index contributed by atoms with van der Waals surface area (Å²) in [6.45, 7) is 8.05. The molecule has 1 aliphatic heterocycles. The van der Waals surface area contributed by atoms with Gasteiger partial charge < -0.3 is 15.0 Å². The fourth-order valence-electron chi connectivity index (χ4n) is 3.42. The normalized spacial score (nSPS) is 16.0. The average molecular weight is 400 g/mol. The van der Waals surface area contributed by atoms with Crippen LogP contribution in [0, 0.1) is 0 Å². The van der Waals surface area contributed by atoms with Crippen LogP contribution in [0.3, 0.4) is 0 Å². The first kappa shape index (κ1) is 20.2. The molecule has 0 aliphatic carbocycles. The number of esters is 1. The SMILES string of the molecule is CCSc1nc2c(c(=O)[nH]1)C(c1ccc(C(C)C)cc1)C(C(=O)OC)=C(C)N2. The molecule has 28 heavy (non-hydrogen) atoms. The summed E-state index contributed by atoms with van der Waals surface area (Å²) in [5, 5.41) is 3.69. The number of ether oxygens (including phenoxy) is 1. The Morgan fingerprint density at radius 2 is 1.96 bits per heavy atom. The van der Waals surface area contributed by atoms with Crippen LogP contribution < -0.4 is 10.9 Å². The minimum atomic E-state index is -0.540. The molecular weight excluding hydrogens is 374 g/mol. The Balaban J connectivity index is 2.21. The smallest absolute Gasteiger partial charge is 0.336 e. The minimum Gasteiger partial charge on any atom is -0.466 e. The van der Waals surface area contributed by atoms with Crippen LogP contribution in [0.1, 0.15) is 56.2 Å². The summed E-state index contributed by atoms with van der Waals surface area (Å²) in [6.07, 6.45) is 0. The summed E-state index contributed by atoms with van der Waals surface area (Å²) in [5.41, 5.74) is 3.30. The molecule has 2 aromatic rings. The number of aromatic amines is 1. The summed E-state index contributed by atoms with van der Waals surface area (Å²) in [6, 6.07) is 8.02. The van der Waals surface area contributed by atoms with Crippen molar-refractivity contribution in [1.29, 1.82) is 0 Å². The van der Waals surface area contributed by atoms with E-state index < -0.39 is 11.9 Å². The predicted octanol–water partition coefficient (Wildman–Crippen LogP) is 4.01. The monoisotopic (exact) mass is 399 g/mol. The number of hydrogen-bond acceptors (Lipinski definition) is 6. The fraction of sp³-hybridized carbons (Fsp3) is 0.381. The van der Waals surface area contributed by atoms with Crippen LogP contribution in [0.5, 0.6) is 0 Å². The van der Waals surface area contributed by atoms with Gasteiger partial charge in [0, 0.05) is 5.70 Å². The molecular formula is C21H25N3O3S. The Morgan fingerprint density at radius 1 is 1.29 bits per heavy atom. The lowest BCUT2D eigenvalue weighted by Gasteiger charge is -2.28. The molecule has 1 aliphatic rings. The van der Waals surface area contributed by atoms with Crippen molar-refractivity contribution in [3.63, 3.8) is 0 Å². The minimum absolute atomic E-state index is 0.250. The number of nitrogens with zero attached hydrogens (tertiary/aromatic N) is 1. The Bertz CT molecular complexity index is 977. The largest absolute Gasteiger partial charge is 0.466 e. The number of methoxy groups -OCH3 is 1. The number of carbonyl (C=O) groups is 1. The zero-order valence-corrected chi connectivity index (χ0v) is 17.6. The third-order valence-electron chi connectivity index (χ3n) is 4.84. The van der Waals surface area contributed by atoms with Gasteiger partial charge in [0.15, 0.2) is 5.16 Å². The maximum absolute atomic E-state index is 13.0. The van der Waals surface area contributed by atoms with Crippen LogP contribution in [-0.2, 0) is 9.53 Å². The van der Waals surface area contributed by atoms with Crippen molar-refractivity contribution in [2.24, 2.45) is 0 Å². The molecule has 1 aromatic carbocycles. The van der Waals surface area contributed by atoms with E-state index in [9.17, 15) is 9.59 Å². The van der Waals surface area contributed by atoms with Gasteiger partial charge >= 0.3 is 5.97 Å². The van der Waals surface area contributed by atoms with Crippen LogP contribution in [0.2, 0.25) is 0 Å². The molecule has 6 nitrogen and oxygen atoms in total. The predicted molar refractivity (Wildman–Crippen MR) is 112 cm³/mol. The number of allylic oxidation sites excluding steroid dienone is 1. The molecule has 0 bridgehead atoms. The second-order valence-electron chi connectivity index (χ2n) is 6.98. The van der Waals surface area contributed by atoms with Gasteiger partial charge in [-0.25, -0.2) is 9.78 Å². The van der Waals surface area contributed by atoms with E-state index in [4.69, 9.17) is 4.74 Å². The third kappa shape index (κ3) is 3.71. The Labute approximate surface area is 168 Å². The molecule has 3 rings (SSSR count). The molecule has 0 amide bonds. The molecule has 0 saturated heterocycles. The summed E-state index contributed by atoms with van der Waals surface area (Å²) in [7, 11) is 1.35. The van der Waals surface area contributed by atoms with Crippen molar-refractivity contribution in [2.45, 2.75) is 44.7 Å². The van der Waals surface area contributed by atoms with Gasteiger partial charge in [-0.1, -0.05) is 56.8 Å². The summed E-state index contributed by atoms with van der Waals surface area (Å²) in [5.74, 6) is 0.680. The van der Waals surface area contributed by atoms with Crippen LogP contribution in [-0.4, -0.2) is 28.8 Å². The summed E-state index contributed by atoms with van der Waals surface area (Å²) in [4.78, 5) is 32.9. The van der Waals surface area contributed by atoms with Crippen molar-refractivity contribution < 1.29 is 9.53 Å². The van der Waals surface area contributed by atoms with Gasteiger partial charge in [-0.2, -0.15) is 0 Å². The van der Waals surface area contributed by atoms with Crippen molar-refractivity contribution in [3.8, 4) is 0 Å². The topological polar surface area (TPSA) is 84.1 Å². The fourth-order valence-corrected chi connectivity index (χ4v) is 4.02. The first-order valence-corrected chi connectivity index (χ1v) is 10.3. The highest BCUT2D eigenvalue weighted by Crippen LogP contribution is 2.40. The average Bonchev–Trinajstić information content (AvgIpc) is 2.66. The lowest BCUT2D eigenvalue weighted by Crippen LogP contribution is -2.31. The van der Waals surface area contributed by atoms with Crippen LogP contribution in [0.15, 0.2) is 45.5 Å². The Kier molecular flexibility index (Phi) is 5.93. The molecule has 1 aromatic heterocycles. The molecule has 1 atom stereocenters. The van der Waals surface area contributed by atoms with Gasteiger partial charge in [0.1, 0.15) is 5.82 Å². The number of rotatable bonds is 5. The Hall–Kier alpha value is -2.54. The zero-order chi connectivity index (χ0) is 20.4. The number of aromatic nitrogens is 2. The molecule has 0 fully saturated rings. The number of carbonyl (C=O) groups excluding carboxylic acids is 1. The van der Waals surface area contributed by atoms with Crippen molar-refractivity contribution >= 4 is 23.5 Å². The quantitative estimate of drug-likeness (QED) is 0.449. The van der Waals surface area contributed by atoms with Crippen molar-refractivity contribution in [2.75, 3.05) is 18.2 Å². The van der Waals surface area contributed by atoms with E-state index in [1.54, 1.807) is 6.92 Å². The summed E-state index contributed by atoms with van der Waals surface area (Å²) >= 11 is 1.46. The molecule has 0 spiro atoms.